The number of ether oxygens (including phenoxy) is 2. The zero-order valence-corrected chi connectivity index (χ0v) is 12.3. The van der Waals surface area contributed by atoms with Crippen molar-refractivity contribution >= 4 is 6.09 Å². The molecule has 1 amide bonds. The minimum atomic E-state index is -0.987. The van der Waals surface area contributed by atoms with Gasteiger partial charge in [0.05, 0.1) is 13.7 Å². The summed E-state index contributed by atoms with van der Waals surface area (Å²) in [4.78, 5) is 10.9. The normalized spacial score (nSPS) is 20.9. The Balaban J connectivity index is 2.28. The van der Waals surface area contributed by atoms with Crippen LogP contribution in [0, 0.1) is 0 Å². The minimum absolute atomic E-state index is 0.108. The minimum Gasteiger partial charge on any atom is -0.493 e. The van der Waals surface area contributed by atoms with Crippen molar-refractivity contribution in [1.29, 1.82) is 0 Å². The average Bonchev–Trinajstić information content (AvgIpc) is 2.47. The van der Waals surface area contributed by atoms with Crippen LogP contribution in [0.3, 0.4) is 0 Å². The molecule has 1 aliphatic rings. The van der Waals surface area contributed by atoms with Crippen LogP contribution in [0.4, 0.5) is 4.79 Å². The van der Waals surface area contributed by atoms with Gasteiger partial charge in [-0.05, 0) is 37.5 Å². The van der Waals surface area contributed by atoms with Crippen molar-refractivity contribution in [2.45, 2.75) is 31.7 Å². The van der Waals surface area contributed by atoms with Crippen molar-refractivity contribution < 1.29 is 19.4 Å². The molecule has 0 saturated carbocycles. The maximum Gasteiger partial charge on any atom is 0.404 e. The molecule has 0 saturated heterocycles. The largest absolute Gasteiger partial charge is 0.493 e. The first kappa shape index (κ1) is 15.2. The summed E-state index contributed by atoms with van der Waals surface area (Å²) in [6.07, 6.45) is 4.63. The number of rotatable bonds is 5. The van der Waals surface area contributed by atoms with E-state index in [0.717, 1.165) is 12.0 Å². The van der Waals surface area contributed by atoms with Crippen molar-refractivity contribution in [2.75, 3.05) is 13.7 Å². The molecule has 1 aromatic rings. The van der Waals surface area contributed by atoms with Crippen molar-refractivity contribution in [1.82, 2.24) is 5.32 Å². The van der Waals surface area contributed by atoms with Gasteiger partial charge in [0.2, 0.25) is 0 Å². The molecule has 2 atom stereocenters. The quantitative estimate of drug-likeness (QED) is 0.818. The third kappa shape index (κ3) is 3.68. The second-order valence-corrected chi connectivity index (χ2v) is 4.95. The summed E-state index contributed by atoms with van der Waals surface area (Å²) in [5, 5.41) is 11.6. The number of amides is 1. The topological polar surface area (TPSA) is 67.8 Å². The van der Waals surface area contributed by atoms with Gasteiger partial charge in [-0.3, -0.25) is 0 Å². The Morgan fingerprint density at radius 1 is 1.33 bits per heavy atom. The smallest absolute Gasteiger partial charge is 0.404 e. The Labute approximate surface area is 124 Å². The van der Waals surface area contributed by atoms with Gasteiger partial charge in [0, 0.05) is 12.0 Å². The summed E-state index contributed by atoms with van der Waals surface area (Å²) in [5.41, 5.74) is 1.06. The number of allylic oxidation sites excluding steroid dienone is 1. The molecule has 0 spiro atoms. The number of hydrogen-bond acceptors (Lipinski definition) is 3. The first-order valence-corrected chi connectivity index (χ1v) is 7.11. The van der Waals surface area contributed by atoms with Crippen molar-refractivity contribution in [3.63, 3.8) is 0 Å². The molecule has 2 rings (SSSR count). The van der Waals surface area contributed by atoms with E-state index in [2.05, 4.69) is 11.4 Å². The molecule has 21 heavy (non-hydrogen) atoms. The van der Waals surface area contributed by atoms with E-state index in [1.165, 1.54) is 0 Å². The molecule has 2 unspecified atom stereocenters. The summed E-state index contributed by atoms with van der Waals surface area (Å²) in [6, 6.07) is 5.68. The molecule has 0 radical (unpaired) electrons. The molecular weight excluding hydrogens is 270 g/mol. The SMILES string of the molecule is CCOc1cc(C2CC=CCC2NC(=O)O)ccc1OC. The third-order valence-electron chi connectivity index (χ3n) is 3.66. The van der Waals surface area contributed by atoms with Gasteiger partial charge in [0.25, 0.3) is 0 Å². The van der Waals surface area contributed by atoms with Gasteiger partial charge in [-0.1, -0.05) is 18.2 Å². The van der Waals surface area contributed by atoms with E-state index in [1.54, 1.807) is 7.11 Å². The number of nitrogens with one attached hydrogen (secondary N) is 1. The van der Waals surface area contributed by atoms with Crippen LogP contribution in [-0.4, -0.2) is 31.0 Å². The summed E-state index contributed by atoms with van der Waals surface area (Å²) in [7, 11) is 1.61. The van der Waals surface area contributed by atoms with Crippen molar-refractivity contribution in [2.24, 2.45) is 0 Å². The predicted molar refractivity (Wildman–Crippen MR) is 80.2 cm³/mol. The van der Waals surface area contributed by atoms with Crippen molar-refractivity contribution in [3.05, 3.63) is 35.9 Å². The molecule has 2 N–H and O–H groups in total. The highest BCUT2D eigenvalue weighted by atomic mass is 16.5. The zero-order valence-electron chi connectivity index (χ0n) is 12.3. The first-order chi connectivity index (χ1) is 10.2. The van der Waals surface area contributed by atoms with Gasteiger partial charge in [0.15, 0.2) is 11.5 Å². The summed E-state index contributed by atoms with van der Waals surface area (Å²) in [5.74, 6) is 1.49. The molecule has 1 aliphatic carbocycles. The number of benzene rings is 1. The first-order valence-electron chi connectivity index (χ1n) is 7.11. The van der Waals surface area contributed by atoms with E-state index < -0.39 is 6.09 Å². The van der Waals surface area contributed by atoms with E-state index >= 15 is 0 Å². The van der Waals surface area contributed by atoms with Crippen LogP contribution in [0.15, 0.2) is 30.4 Å². The van der Waals surface area contributed by atoms with Gasteiger partial charge in [-0.25, -0.2) is 4.79 Å². The molecule has 0 fully saturated rings. The van der Waals surface area contributed by atoms with Gasteiger partial charge in [-0.15, -0.1) is 0 Å². The highest BCUT2D eigenvalue weighted by molar-refractivity contribution is 5.65. The van der Waals surface area contributed by atoms with Gasteiger partial charge < -0.3 is 19.9 Å². The van der Waals surface area contributed by atoms with Crippen LogP contribution in [0.25, 0.3) is 0 Å². The van der Waals surface area contributed by atoms with Crippen LogP contribution in [0.5, 0.6) is 11.5 Å². The Morgan fingerprint density at radius 2 is 2.10 bits per heavy atom. The maximum atomic E-state index is 10.9. The van der Waals surface area contributed by atoms with Crippen LogP contribution in [0.2, 0.25) is 0 Å². The lowest BCUT2D eigenvalue weighted by Gasteiger charge is -2.29. The fourth-order valence-electron chi connectivity index (χ4n) is 2.69. The third-order valence-corrected chi connectivity index (χ3v) is 3.66. The molecular formula is C16H21NO4. The summed E-state index contributed by atoms with van der Waals surface area (Å²) in [6.45, 7) is 2.48. The van der Waals surface area contributed by atoms with E-state index in [0.29, 0.717) is 24.5 Å². The van der Waals surface area contributed by atoms with Gasteiger partial charge in [-0.2, -0.15) is 0 Å². The van der Waals surface area contributed by atoms with E-state index in [4.69, 9.17) is 14.6 Å². The monoisotopic (exact) mass is 291 g/mol. The van der Waals surface area contributed by atoms with Crippen LogP contribution in [-0.2, 0) is 0 Å². The van der Waals surface area contributed by atoms with E-state index in [9.17, 15) is 4.79 Å². The molecule has 1 aromatic carbocycles. The highest BCUT2D eigenvalue weighted by Gasteiger charge is 2.26. The molecule has 0 bridgehead atoms. The maximum absolute atomic E-state index is 10.9. The molecule has 0 aliphatic heterocycles. The molecule has 5 heteroatoms. The van der Waals surface area contributed by atoms with Crippen LogP contribution < -0.4 is 14.8 Å². The Morgan fingerprint density at radius 3 is 2.76 bits per heavy atom. The summed E-state index contributed by atoms with van der Waals surface area (Å²) < 4.78 is 10.9. The van der Waals surface area contributed by atoms with E-state index in [1.807, 2.05) is 31.2 Å². The molecule has 114 valence electrons. The fraction of sp³-hybridized carbons (Fsp3) is 0.438. The lowest BCUT2D eigenvalue weighted by molar-refractivity contribution is 0.187. The van der Waals surface area contributed by atoms with Crippen molar-refractivity contribution in [3.8, 4) is 11.5 Å². The van der Waals surface area contributed by atoms with Crippen LogP contribution in [0.1, 0.15) is 31.2 Å². The molecule has 5 nitrogen and oxygen atoms in total. The second kappa shape index (κ2) is 7.02. The Bertz CT molecular complexity index is 527. The molecule has 0 aromatic heterocycles. The predicted octanol–water partition coefficient (Wildman–Crippen LogP) is 3.16. The van der Waals surface area contributed by atoms with Crippen LogP contribution >= 0.6 is 0 Å². The summed E-state index contributed by atoms with van der Waals surface area (Å²) >= 11 is 0. The number of carbonyl (C=O) groups is 1. The fourth-order valence-corrected chi connectivity index (χ4v) is 2.69. The Hall–Kier alpha value is -2.17. The number of methoxy groups -OCH3 is 1. The molecule has 0 heterocycles. The lowest BCUT2D eigenvalue weighted by Crippen LogP contribution is -2.39. The Kier molecular flexibility index (Phi) is 5.09. The van der Waals surface area contributed by atoms with Gasteiger partial charge >= 0.3 is 6.09 Å². The lowest BCUT2D eigenvalue weighted by atomic mass is 9.83. The zero-order chi connectivity index (χ0) is 15.2. The van der Waals surface area contributed by atoms with Gasteiger partial charge in [0.1, 0.15) is 0 Å². The number of carboxylic acid groups (broad SMARTS) is 1. The average molecular weight is 291 g/mol. The highest BCUT2D eigenvalue weighted by Crippen LogP contribution is 2.35. The van der Waals surface area contributed by atoms with E-state index in [-0.39, 0.29) is 12.0 Å². The standard InChI is InChI=1S/C16H21NO4/c1-3-21-15-10-11(8-9-14(15)20-2)12-6-4-5-7-13(12)17-16(18)19/h4-5,8-10,12-13,17H,3,6-7H2,1-2H3,(H,18,19). The number of hydrogen-bond donors (Lipinski definition) is 2. The second-order valence-electron chi connectivity index (χ2n) is 4.95.